The second-order valence-electron chi connectivity index (χ2n) is 3.38. The summed E-state index contributed by atoms with van der Waals surface area (Å²) < 4.78 is 32.9. The van der Waals surface area contributed by atoms with Crippen LogP contribution in [0.25, 0.3) is 0 Å². The highest BCUT2D eigenvalue weighted by atomic mass is 32.2. The van der Waals surface area contributed by atoms with E-state index >= 15 is 0 Å². The molecule has 0 radical (unpaired) electrons. The van der Waals surface area contributed by atoms with Crippen molar-refractivity contribution < 1.29 is 22.8 Å². The Morgan fingerprint density at radius 2 is 2.16 bits per heavy atom. The molecule has 0 amide bonds. The van der Waals surface area contributed by atoms with Crippen LogP contribution in [0.5, 0.6) is 11.5 Å². The fourth-order valence-corrected chi connectivity index (χ4v) is 2.06. The van der Waals surface area contributed by atoms with Gasteiger partial charge in [-0.3, -0.25) is 10.1 Å². The smallest absolute Gasteiger partial charge is 0.274 e. The van der Waals surface area contributed by atoms with E-state index in [0.29, 0.717) is 0 Å². The predicted molar refractivity (Wildman–Crippen MR) is 66.7 cm³/mol. The van der Waals surface area contributed by atoms with Gasteiger partial charge in [0.15, 0.2) is 11.5 Å². The minimum Gasteiger partial charge on any atom is -0.492 e. The molecule has 0 saturated heterocycles. The van der Waals surface area contributed by atoms with E-state index in [1.165, 1.54) is 13.2 Å². The van der Waals surface area contributed by atoms with Crippen molar-refractivity contribution in [2.75, 3.05) is 13.7 Å². The molecule has 0 unspecified atom stereocenters. The fourth-order valence-electron chi connectivity index (χ4n) is 1.34. The molecule has 9 heteroatoms. The summed E-state index contributed by atoms with van der Waals surface area (Å²) in [5.74, 6) is -0.282. The number of benzene rings is 1. The molecule has 0 saturated carbocycles. The van der Waals surface area contributed by atoms with E-state index in [1.54, 1.807) is 0 Å². The molecule has 1 aromatic rings. The number of rotatable bonds is 6. The van der Waals surface area contributed by atoms with Crippen LogP contribution in [0.2, 0.25) is 0 Å². The zero-order valence-electron chi connectivity index (χ0n) is 10.0. The number of nitro benzene ring substituents is 1. The molecule has 0 atom stereocenters. The van der Waals surface area contributed by atoms with Gasteiger partial charge in [-0.1, -0.05) is 12.7 Å². The third-order valence-corrected chi connectivity index (χ3v) is 3.00. The third-order valence-electron chi connectivity index (χ3n) is 2.08. The van der Waals surface area contributed by atoms with Crippen LogP contribution in [-0.4, -0.2) is 27.1 Å². The van der Waals surface area contributed by atoms with Gasteiger partial charge >= 0.3 is 0 Å². The summed E-state index contributed by atoms with van der Waals surface area (Å²) in [4.78, 5) is 9.49. The summed E-state index contributed by atoms with van der Waals surface area (Å²) in [7, 11) is -2.98. The van der Waals surface area contributed by atoms with Gasteiger partial charge in [-0.15, -0.1) is 0 Å². The maximum absolute atomic E-state index is 11.4. The van der Waals surface area contributed by atoms with Crippen LogP contribution in [0.4, 0.5) is 5.69 Å². The Labute approximate surface area is 109 Å². The molecular formula is C10H12N2O6S. The Morgan fingerprint density at radius 1 is 1.53 bits per heavy atom. The van der Waals surface area contributed by atoms with Crippen LogP contribution in [0.1, 0.15) is 0 Å². The highest BCUT2D eigenvalue weighted by molar-refractivity contribution is 7.89. The van der Waals surface area contributed by atoms with Crippen molar-refractivity contribution in [3.8, 4) is 11.5 Å². The van der Waals surface area contributed by atoms with Crippen molar-refractivity contribution in [3.63, 3.8) is 0 Å². The van der Waals surface area contributed by atoms with Gasteiger partial charge in [-0.25, -0.2) is 13.6 Å². The number of nitrogens with two attached hydrogens (primary N) is 1. The molecule has 0 spiro atoms. The normalized spacial score (nSPS) is 10.8. The second-order valence-corrected chi connectivity index (χ2v) is 4.91. The summed E-state index contributed by atoms with van der Waals surface area (Å²) in [6.07, 6.45) is 1.40. The number of primary sulfonamides is 1. The number of sulfonamides is 1. The van der Waals surface area contributed by atoms with Crippen LogP contribution >= 0.6 is 0 Å². The van der Waals surface area contributed by atoms with E-state index in [1.807, 2.05) is 0 Å². The summed E-state index contributed by atoms with van der Waals surface area (Å²) in [5, 5.41) is 15.8. The maximum Gasteiger partial charge on any atom is 0.274 e. The molecule has 2 N–H and O–H groups in total. The first-order valence-electron chi connectivity index (χ1n) is 4.94. The van der Waals surface area contributed by atoms with Crippen molar-refractivity contribution in [1.82, 2.24) is 0 Å². The van der Waals surface area contributed by atoms with Gasteiger partial charge in [0.25, 0.3) is 5.69 Å². The lowest BCUT2D eigenvalue weighted by Crippen LogP contribution is -2.14. The topological polar surface area (TPSA) is 122 Å². The zero-order valence-corrected chi connectivity index (χ0v) is 10.8. The first-order chi connectivity index (χ1) is 8.81. The fraction of sp³-hybridized carbons (Fsp3) is 0.200. The molecule has 0 bridgehead atoms. The Hall–Kier alpha value is -2.13. The van der Waals surface area contributed by atoms with E-state index in [2.05, 4.69) is 6.58 Å². The van der Waals surface area contributed by atoms with E-state index < -0.39 is 25.5 Å². The van der Waals surface area contributed by atoms with E-state index in [9.17, 15) is 18.5 Å². The number of nitrogens with zero attached hydrogens (tertiary/aromatic N) is 1. The SMILES string of the molecule is C=CCOc1cc([N+](=O)[O-])cc(S(N)(=O)=O)c1OC. The number of nitro groups is 1. The van der Waals surface area contributed by atoms with Crippen LogP contribution in [0, 0.1) is 10.1 Å². The summed E-state index contributed by atoms with van der Waals surface area (Å²) >= 11 is 0. The lowest BCUT2D eigenvalue weighted by atomic mass is 10.3. The lowest BCUT2D eigenvalue weighted by molar-refractivity contribution is -0.385. The quantitative estimate of drug-likeness (QED) is 0.469. The molecule has 104 valence electrons. The number of methoxy groups -OCH3 is 1. The van der Waals surface area contributed by atoms with Gasteiger partial charge in [-0.05, 0) is 0 Å². The van der Waals surface area contributed by atoms with Crippen molar-refractivity contribution in [1.29, 1.82) is 0 Å². The molecular weight excluding hydrogens is 276 g/mol. The number of non-ortho nitro benzene ring substituents is 1. The Balaban J connectivity index is 3.55. The van der Waals surface area contributed by atoms with E-state index in [-0.39, 0.29) is 18.1 Å². The van der Waals surface area contributed by atoms with E-state index in [4.69, 9.17) is 14.6 Å². The van der Waals surface area contributed by atoms with Crippen LogP contribution in [0.15, 0.2) is 29.7 Å². The van der Waals surface area contributed by atoms with Crippen LogP contribution < -0.4 is 14.6 Å². The molecule has 1 rings (SSSR count). The van der Waals surface area contributed by atoms with Gasteiger partial charge in [-0.2, -0.15) is 0 Å². The predicted octanol–water partition coefficient (Wildman–Crippen LogP) is 0.816. The first kappa shape index (κ1) is 14.9. The molecule has 0 aliphatic heterocycles. The lowest BCUT2D eigenvalue weighted by Gasteiger charge is -2.12. The van der Waals surface area contributed by atoms with Gasteiger partial charge in [0.1, 0.15) is 11.5 Å². The second kappa shape index (κ2) is 5.67. The standard InChI is InChI=1S/C10H12N2O6S/c1-3-4-18-8-5-7(12(13)14)6-9(10(8)17-2)19(11,15)16/h3,5-6H,1,4H2,2H3,(H2,11,15,16). The highest BCUT2D eigenvalue weighted by Crippen LogP contribution is 2.37. The number of hydrogen-bond donors (Lipinski definition) is 1. The average Bonchev–Trinajstić information content (AvgIpc) is 2.33. The molecule has 0 fully saturated rings. The van der Waals surface area contributed by atoms with Gasteiger partial charge in [0.05, 0.1) is 18.1 Å². The Bertz CT molecular complexity index is 611. The monoisotopic (exact) mass is 288 g/mol. The summed E-state index contributed by atoms with van der Waals surface area (Å²) in [5.41, 5.74) is -0.469. The van der Waals surface area contributed by atoms with E-state index in [0.717, 1.165) is 12.1 Å². The minimum absolute atomic E-state index is 0.0294. The number of ether oxygens (including phenoxy) is 2. The van der Waals surface area contributed by atoms with Gasteiger partial charge in [0.2, 0.25) is 10.0 Å². The Kier molecular flexibility index (Phi) is 4.46. The summed E-state index contributed by atoms with van der Waals surface area (Å²) in [6.45, 7) is 3.45. The zero-order chi connectivity index (χ0) is 14.6. The van der Waals surface area contributed by atoms with Crippen molar-refractivity contribution in [2.24, 2.45) is 5.14 Å². The molecule has 0 aliphatic rings. The number of hydrogen-bond acceptors (Lipinski definition) is 6. The Morgan fingerprint density at radius 3 is 2.58 bits per heavy atom. The minimum atomic E-state index is -4.18. The van der Waals surface area contributed by atoms with Crippen molar-refractivity contribution >= 4 is 15.7 Å². The maximum atomic E-state index is 11.4. The van der Waals surface area contributed by atoms with Crippen molar-refractivity contribution in [3.05, 3.63) is 34.9 Å². The molecule has 1 aromatic carbocycles. The van der Waals surface area contributed by atoms with Gasteiger partial charge in [0, 0.05) is 6.07 Å². The third kappa shape index (κ3) is 3.42. The largest absolute Gasteiger partial charge is 0.492 e. The molecule has 8 nitrogen and oxygen atoms in total. The average molecular weight is 288 g/mol. The van der Waals surface area contributed by atoms with Crippen LogP contribution in [-0.2, 0) is 10.0 Å². The molecule has 0 heterocycles. The first-order valence-corrected chi connectivity index (χ1v) is 6.48. The van der Waals surface area contributed by atoms with Gasteiger partial charge < -0.3 is 9.47 Å². The molecule has 19 heavy (non-hydrogen) atoms. The van der Waals surface area contributed by atoms with Crippen molar-refractivity contribution in [2.45, 2.75) is 4.90 Å². The molecule has 0 aliphatic carbocycles. The van der Waals surface area contributed by atoms with Crippen LogP contribution in [0.3, 0.4) is 0 Å². The highest BCUT2D eigenvalue weighted by Gasteiger charge is 2.24. The molecule has 0 aromatic heterocycles. The summed E-state index contributed by atoms with van der Waals surface area (Å²) in [6, 6.07) is 1.87.